The summed E-state index contributed by atoms with van der Waals surface area (Å²) in [4.78, 5) is 49.2. The number of rotatable bonds is 8. The van der Waals surface area contributed by atoms with Crippen LogP contribution in [0.3, 0.4) is 0 Å². The molecule has 0 bridgehead atoms. The van der Waals surface area contributed by atoms with Crippen LogP contribution in [0.15, 0.2) is 47.0 Å². The summed E-state index contributed by atoms with van der Waals surface area (Å²) >= 11 is 0. The van der Waals surface area contributed by atoms with Gasteiger partial charge in [-0.3, -0.25) is 14.5 Å². The second-order valence-electron chi connectivity index (χ2n) is 6.93. The molecule has 3 amide bonds. The predicted octanol–water partition coefficient (Wildman–Crippen LogP) is 2.82. The minimum Gasteiger partial charge on any atom is -0.493 e. The summed E-state index contributed by atoms with van der Waals surface area (Å²) in [5.74, 6) is -1.01. The first-order chi connectivity index (χ1) is 15.8. The lowest BCUT2D eigenvalue weighted by molar-refractivity contribution is -0.132. The summed E-state index contributed by atoms with van der Waals surface area (Å²) < 4.78 is 20.5. The lowest BCUT2D eigenvalue weighted by atomic mass is 10.0. The maximum Gasteiger partial charge on any atom is 0.373 e. The van der Waals surface area contributed by atoms with Crippen molar-refractivity contribution in [1.82, 2.24) is 10.2 Å². The van der Waals surface area contributed by atoms with E-state index in [0.29, 0.717) is 17.5 Å². The van der Waals surface area contributed by atoms with E-state index in [1.807, 2.05) is 0 Å². The van der Waals surface area contributed by atoms with Crippen molar-refractivity contribution in [2.24, 2.45) is 0 Å². The Balaban J connectivity index is 1.88. The highest BCUT2D eigenvalue weighted by Gasteiger charge is 2.34. The van der Waals surface area contributed by atoms with Gasteiger partial charge in [-0.1, -0.05) is 6.08 Å². The topological polar surface area (TPSA) is 124 Å². The smallest absolute Gasteiger partial charge is 0.373 e. The summed E-state index contributed by atoms with van der Waals surface area (Å²) in [6.07, 6.45) is 3.49. The quantitative estimate of drug-likeness (QED) is 0.212. The number of carbonyl (C=O) groups is 4. The Bertz CT molecular complexity index is 1160. The third kappa shape index (κ3) is 5.12. The average molecular weight is 454 g/mol. The molecule has 0 unspecified atom stereocenters. The second kappa shape index (κ2) is 9.86. The number of urea groups is 1. The largest absolute Gasteiger partial charge is 0.493 e. The van der Waals surface area contributed by atoms with E-state index in [1.54, 1.807) is 18.2 Å². The Morgan fingerprint density at radius 1 is 1.21 bits per heavy atom. The summed E-state index contributed by atoms with van der Waals surface area (Å²) in [6, 6.07) is 5.52. The molecule has 172 valence electrons. The Hall–Kier alpha value is -4.34. The minimum absolute atomic E-state index is 0.0339. The van der Waals surface area contributed by atoms with Gasteiger partial charge in [-0.2, -0.15) is 0 Å². The zero-order chi connectivity index (χ0) is 24.1. The highest BCUT2D eigenvalue weighted by molar-refractivity contribution is 6.13. The Morgan fingerprint density at radius 2 is 1.97 bits per heavy atom. The van der Waals surface area contributed by atoms with E-state index in [1.165, 1.54) is 39.4 Å². The van der Waals surface area contributed by atoms with Crippen LogP contribution in [0.2, 0.25) is 0 Å². The first-order valence-corrected chi connectivity index (χ1v) is 9.79. The van der Waals surface area contributed by atoms with Crippen molar-refractivity contribution in [3.8, 4) is 11.5 Å². The highest BCUT2D eigenvalue weighted by atomic mass is 16.6. The number of methoxy groups -OCH3 is 2. The van der Waals surface area contributed by atoms with Crippen LogP contribution in [0.5, 0.6) is 11.5 Å². The van der Waals surface area contributed by atoms with Gasteiger partial charge in [-0.25, -0.2) is 9.59 Å². The van der Waals surface area contributed by atoms with E-state index >= 15 is 0 Å². The molecule has 1 aromatic carbocycles. The maximum atomic E-state index is 12.8. The van der Waals surface area contributed by atoms with E-state index in [4.69, 9.17) is 13.9 Å². The number of ether oxygens (including phenoxy) is 3. The Labute approximate surface area is 189 Å². The van der Waals surface area contributed by atoms with Crippen LogP contribution < -0.4 is 14.8 Å². The van der Waals surface area contributed by atoms with Gasteiger partial charge in [0.25, 0.3) is 5.91 Å². The average Bonchev–Trinajstić information content (AvgIpc) is 3.35. The van der Waals surface area contributed by atoms with Crippen LogP contribution in [0.1, 0.15) is 34.4 Å². The monoisotopic (exact) mass is 454 g/mol. The molecule has 1 aromatic heterocycles. The number of esters is 2. The molecule has 0 atom stereocenters. The number of nitrogens with one attached hydrogen (secondary N) is 1. The number of furan rings is 1. The van der Waals surface area contributed by atoms with Crippen LogP contribution in [-0.4, -0.2) is 43.0 Å². The zero-order valence-corrected chi connectivity index (χ0v) is 18.3. The van der Waals surface area contributed by atoms with Crippen molar-refractivity contribution >= 4 is 30.0 Å². The molecule has 2 heterocycles. The second-order valence-corrected chi connectivity index (χ2v) is 6.93. The van der Waals surface area contributed by atoms with Crippen LogP contribution in [0, 0.1) is 0 Å². The fourth-order valence-corrected chi connectivity index (χ4v) is 3.20. The van der Waals surface area contributed by atoms with E-state index in [2.05, 4.69) is 16.6 Å². The summed E-state index contributed by atoms with van der Waals surface area (Å²) in [6.45, 7) is 4.81. The molecule has 0 radical (unpaired) electrons. The van der Waals surface area contributed by atoms with Gasteiger partial charge < -0.3 is 23.9 Å². The standard InChI is InChI=1S/C23H22N2O8/c1-5-6-15-9-14(11-19(30-3)20(15)32-13(2)26)10-17-21(27)25(23(29)24-17)12-16-7-8-18(33-16)22(28)31-4/h5,7-11H,1,6,12H2,2-4H3,(H,24,29). The van der Waals surface area contributed by atoms with Crippen LogP contribution in [-0.2, 0) is 27.3 Å². The number of imide groups is 1. The molecule has 10 nitrogen and oxygen atoms in total. The molecule has 1 aliphatic rings. The molecule has 10 heteroatoms. The van der Waals surface area contributed by atoms with Gasteiger partial charge in [-0.15, -0.1) is 6.58 Å². The zero-order valence-electron chi connectivity index (χ0n) is 18.3. The third-order valence-electron chi connectivity index (χ3n) is 4.62. The molecule has 0 saturated carbocycles. The van der Waals surface area contributed by atoms with Crippen LogP contribution in [0.4, 0.5) is 4.79 Å². The van der Waals surface area contributed by atoms with Gasteiger partial charge in [0.1, 0.15) is 11.5 Å². The Morgan fingerprint density at radius 3 is 2.61 bits per heavy atom. The van der Waals surface area contributed by atoms with Crippen molar-refractivity contribution in [1.29, 1.82) is 0 Å². The lowest BCUT2D eigenvalue weighted by Crippen LogP contribution is -2.30. The number of amides is 3. The maximum absolute atomic E-state index is 12.8. The molecule has 0 spiro atoms. The number of allylic oxidation sites excluding steroid dienone is 1. The SMILES string of the molecule is C=CCc1cc(C=C2NC(=O)N(Cc3ccc(C(=O)OC)o3)C2=O)cc(OC)c1OC(C)=O. The van der Waals surface area contributed by atoms with Gasteiger partial charge in [0.2, 0.25) is 5.76 Å². The first kappa shape index (κ1) is 23.3. The van der Waals surface area contributed by atoms with Gasteiger partial charge in [0.15, 0.2) is 11.5 Å². The summed E-state index contributed by atoms with van der Waals surface area (Å²) in [5.41, 5.74) is 1.19. The Kier molecular flexibility index (Phi) is 6.97. The number of hydrogen-bond donors (Lipinski definition) is 1. The molecule has 33 heavy (non-hydrogen) atoms. The molecule has 2 aromatic rings. The van der Waals surface area contributed by atoms with Gasteiger partial charge >= 0.3 is 18.0 Å². The van der Waals surface area contributed by atoms with Gasteiger partial charge in [-0.05, 0) is 42.3 Å². The van der Waals surface area contributed by atoms with E-state index < -0.39 is 23.9 Å². The molecular formula is C23H22N2O8. The molecule has 3 rings (SSSR count). The van der Waals surface area contributed by atoms with E-state index in [9.17, 15) is 19.2 Å². The highest BCUT2D eigenvalue weighted by Crippen LogP contribution is 2.34. The number of nitrogens with zero attached hydrogens (tertiary/aromatic N) is 1. The molecule has 1 fully saturated rings. The summed E-state index contributed by atoms with van der Waals surface area (Å²) in [5, 5.41) is 2.52. The van der Waals surface area contributed by atoms with Gasteiger partial charge in [0, 0.05) is 12.5 Å². The minimum atomic E-state index is -0.666. The number of carbonyl (C=O) groups excluding carboxylic acids is 4. The van der Waals surface area contributed by atoms with Crippen molar-refractivity contribution in [2.75, 3.05) is 14.2 Å². The fourth-order valence-electron chi connectivity index (χ4n) is 3.20. The molecule has 1 aliphatic heterocycles. The fraction of sp³-hybridized carbons (Fsp3) is 0.217. The van der Waals surface area contributed by atoms with Gasteiger partial charge in [0.05, 0.1) is 20.8 Å². The predicted molar refractivity (Wildman–Crippen MR) is 115 cm³/mol. The molecular weight excluding hydrogens is 432 g/mol. The van der Waals surface area contributed by atoms with E-state index in [0.717, 1.165) is 4.90 Å². The summed E-state index contributed by atoms with van der Waals surface area (Å²) in [7, 11) is 2.64. The normalized spacial score (nSPS) is 14.3. The lowest BCUT2D eigenvalue weighted by Gasteiger charge is -2.14. The van der Waals surface area contributed by atoms with Crippen LogP contribution in [0.25, 0.3) is 6.08 Å². The first-order valence-electron chi connectivity index (χ1n) is 9.79. The van der Waals surface area contributed by atoms with E-state index in [-0.39, 0.29) is 35.3 Å². The number of hydrogen-bond acceptors (Lipinski definition) is 8. The molecule has 1 saturated heterocycles. The van der Waals surface area contributed by atoms with Crippen molar-refractivity contribution < 1.29 is 37.8 Å². The van der Waals surface area contributed by atoms with Crippen molar-refractivity contribution in [3.05, 3.63) is 65.3 Å². The number of benzene rings is 1. The molecule has 1 N–H and O–H groups in total. The third-order valence-corrected chi connectivity index (χ3v) is 4.62. The van der Waals surface area contributed by atoms with Crippen molar-refractivity contribution in [2.45, 2.75) is 19.9 Å². The van der Waals surface area contributed by atoms with Crippen molar-refractivity contribution in [3.63, 3.8) is 0 Å². The molecule has 0 aliphatic carbocycles. The van der Waals surface area contributed by atoms with Crippen LogP contribution >= 0.6 is 0 Å².